The van der Waals surface area contributed by atoms with E-state index in [1.807, 2.05) is 0 Å². The summed E-state index contributed by atoms with van der Waals surface area (Å²) in [6.45, 7) is 19.3. The first-order valence-electron chi connectivity index (χ1n) is 32.3. The highest BCUT2D eigenvalue weighted by Gasteiger charge is 2.39. The molecule has 9 rings (SSSR count). The molecule has 0 saturated carbocycles. The molecule has 410 valence electrons. The van der Waals surface area contributed by atoms with Gasteiger partial charge in [0.1, 0.15) is 0 Å². The molecular formula is C77H102. The number of aryl methyl sites for hydroxylation is 2. The van der Waals surface area contributed by atoms with Crippen molar-refractivity contribution < 1.29 is 0 Å². The summed E-state index contributed by atoms with van der Waals surface area (Å²) in [7, 11) is 0. The van der Waals surface area contributed by atoms with Crippen molar-refractivity contribution in [3.05, 3.63) is 154 Å². The van der Waals surface area contributed by atoms with Crippen molar-refractivity contribution >= 4 is 0 Å². The van der Waals surface area contributed by atoms with Gasteiger partial charge in [0.2, 0.25) is 0 Å². The van der Waals surface area contributed by atoms with E-state index in [4.69, 9.17) is 0 Å². The molecule has 0 radical (unpaired) electrons. The van der Waals surface area contributed by atoms with Gasteiger partial charge in [0.25, 0.3) is 0 Å². The number of unbranched alkanes of at least 4 members (excludes halogenated alkanes) is 26. The second-order valence-corrected chi connectivity index (χ2v) is 26.4. The van der Waals surface area contributed by atoms with Crippen LogP contribution in [0.2, 0.25) is 0 Å². The molecule has 0 aliphatic heterocycles. The molecule has 0 bridgehead atoms. The van der Waals surface area contributed by atoms with Crippen molar-refractivity contribution in [1.82, 2.24) is 0 Å². The van der Waals surface area contributed by atoms with Crippen molar-refractivity contribution in [3.63, 3.8) is 0 Å². The van der Waals surface area contributed by atoms with Gasteiger partial charge in [-0.2, -0.15) is 0 Å². The lowest BCUT2D eigenvalue weighted by Crippen LogP contribution is -2.16. The predicted octanol–water partition coefficient (Wildman–Crippen LogP) is 24.0. The Morgan fingerprint density at radius 3 is 0.649 bits per heavy atom. The summed E-state index contributed by atoms with van der Waals surface area (Å²) < 4.78 is 0. The summed E-state index contributed by atoms with van der Waals surface area (Å²) in [4.78, 5) is 0. The smallest absolute Gasteiger partial charge is 0.0159 e. The van der Waals surface area contributed by atoms with Crippen molar-refractivity contribution in [1.29, 1.82) is 0 Å². The Morgan fingerprint density at radius 2 is 0.416 bits per heavy atom. The van der Waals surface area contributed by atoms with Gasteiger partial charge in [0.15, 0.2) is 0 Å². The molecular weight excluding hydrogens is 925 g/mol. The highest BCUT2D eigenvalue weighted by Crippen LogP contribution is 2.54. The Hall–Kier alpha value is -4.68. The summed E-state index contributed by atoms with van der Waals surface area (Å²) in [5.41, 5.74) is 25.4. The minimum absolute atomic E-state index is 0.0291. The van der Waals surface area contributed by atoms with Crippen LogP contribution in [0.15, 0.2) is 109 Å². The van der Waals surface area contributed by atoms with Gasteiger partial charge in [0.05, 0.1) is 0 Å². The molecule has 3 aliphatic carbocycles. The maximum absolute atomic E-state index is 2.56. The predicted molar refractivity (Wildman–Crippen MR) is 338 cm³/mol. The molecule has 0 atom stereocenters. The molecule has 0 aromatic heterocycles. The highest BCUT2D eigenvalue weighted by molar-refractivity contribution is 5.89. The third-order valence-electron chi connectivity index (χ3n) is 19.5. The number of fused-ring (bicyclic) bond motifs is 9. The van der Waals surface area contributed by atoms with Crippen molar-refractivity contribution in [2.24, 2.45) is 0 Å². The number of hydrogen-bond donors (Lipinski definition) is 0. The molecule has 0 heteroatoms. The molecule has 0 saturated heterocycles. The lowest BCUT2D eigenvalue weighted by atomic mass is 9.79. The zero-order valence-corrected chi connectivity index (χ0v) is 50.1. The molecule has 0 spiro atoms. The average molecular weight is 1030 g/mol. The number of rotatable bonds is 32. The summed E-state index contributed by atoms with van der Waals surface area (Å²) in [6, 6.07) is 44.1. The van der Waals surface area contributed by atoms with Crippen LogP contribution in [-0.2, 0) is 29.1 Å². The summed E-state index contributed by atoms with van der Waals surface area (Å²) in [5, 5.41) is 0. The molecule has 77 heavy (non-hydrogen) atoms. The van der Waals surface area contributed by atoms with Crippen molar-refractivity contribution in [3.8, 4) is 55.6 Å². The van der Waals surface area contributed by atoms with Gasteiger partial charge in [-0.05, 0) is 150 Å². The third kappa shape index (κ3) is 13.2. The van der Waals surface area contributed by atoms with Crippen LogP contribution < -0.4 is 0 Å². The van der Waals surface area contributed by atoms with Crippen LogP contribution in [0.1, 0.15) is 280 Å². The highest BCUT2D eigenvalue weighted by atomic mass is 14.4. The SMILES string of the molecule is CCCCCCCCCCCCCCCCc1ccc2c(c1)C(C)(C)c1cc(-c3ccc4c(c3)C(C)(C)c3cc(-c5ccc6c(c5)C(C)(C)c5cc(CCCCCCCCCCCCCCCC)ccc5-6)ccc3-4)ccc1-2. The standard InChI is InChI=1S/C77H102/c1-9-11-13-15-17-19-21-23-25-27-29-31-33-35-37-57-39-45-63-65-47-41-59(53-71(65)75(3,4)69(63)51-57)61-43-49-67-68-50-44-62(56-74(68)77(7,8)73(67)55-61)60-42-48-66-64-46-40-58(52-70(64)76(5,6)72(66)54-60)38-36-34-32-30-28-26-24-22-20-18-16-14-12-10-2/h39-56H,9-38H2,1-8H3. The van der Waals surface area contributed by atoms with Gasteiger partial charge >= 0.3 is 0 Å². The topological polar surface area (TPSA) is 0 Å². The first-order chi connectivity index (χ1) is 37.4. The number of benzene rings is 6. The minimum Gasteiger partial charge on any atom is -0.0654 e. The van der Waals surface area contributed by atoms with Gasteiger partial charge < -0.3 is 0 Å². The molecule has 0 amide bonds. The largest absolute Gasteiger partial charge is 0.0654 e. The van der Waals surface area contributed by atoms with Gasteiger partial charge in [0, 0.05) is 16.2 Å². The fourth-order valence-electron chi connectivity index (χ4n) is 14.4. The average Bonchev–Trinajstić information content (AvgIpc) is 3.95. The van der Waals surface area contributed by atoms with Crippen LogP contribution in [0.25, 0.3) is 55.6 Å². The zero-order valence-electron chi connectivity index (χ0n) is 50.1. The Kier molecular flexibility index (Phi) is 19.6. The quantitative estimate of drug-likeness (QED) is 0.0370. The van der Waals surface area contributed by atoms with E-state index in [0.717, 1.165) is 0 Å². The first kappa shape index (κ1) is 57.0. The fraction of sp³-hybridized carbons (Fsp3) is 0.532. The van der Waals surface area contributed by atoms with Crippen molar-refractivity contribution in [2.75, 3.05) is 0 Å². The Balaban J connectivity index is 0.781. The van der Waals surface area contributed by atoms with E-state index >= 15 is 0 Å². The number of hydrogen-bond acceptors (Lipinski definition) is 0. The molecule has 6 aromatic rings. The second kappa shape index (κ2) is 26.5. The van der Waals surface area contributed by atoms with Crippen LogP contribution in [0.3, 0.4) is 0 Å². The monoisotopic (exact) mass is 1030 g/mol. The van der Waals surface area contributed by atoms with Crippen LogP contribution in [0, 0.1) is 0 Å². The normalized spacial score (nSPS) is 14.8. The van der Waals surface area contributed by atoms with Crippen LogP contribution in [0.4, 0.5) is 0 Å². The van der Waals surface area contributed by atoms with Gasteiger partial charge in [-0.25, -0.2) is 0 Å². The van der Waals surface area contributed by atoms with Crippen molar-refractivity contribution in [2.45, 2.75) is 264 Å². The summed E-state index contributed by atoms with van der Waals surface area (Å²) >= 11 is 0. The van der Waals surface area contributed by atoms with E-state index < -0.39 is 0 Å². The van der Waals surface area contributed by atoms with E-state index in [0.29, 0.717) is 0 Å². The molecule has 0 unspecified atom stereocenters. The lowest BCUT2D eigenvalue weighted by molar-refractivity contribution is 0.535. The van der Waals surface area contributed by atoms with Crippen LogP contribution in [0.5, 0.6) is 0 Å². The third-order valence-corrected chi connectivity index (χ3v) is 19.5. The Bertz CT molecular complexity index is 2680. The van der Waals surface area contributed by atoms with Gasteiger partial charge in [-0.3, -0.25) is 0 Å². The molecule has 0 heterocycles. The minimum atomic E-state index is -0.109. The van der Waals surface area contributed by atoms with E-state index in [1.54, 1.807) is 0 Å². The van der Waals surface area contributed by atoms with E-state index in [2.05, 4.69) is 165 Å². The fourth-order valence-corrected chi connectivity index (χ4v) is 14.4. The molecule has 0 N–H and O–H groups in total. The van der Waals surface area contributed by atoms with E-state index in [1.165, 1.54) is 293 Å². The van der Waals surface area contributed by atoms with E-state index in [-0.39, 0.29) is 16.2 Å². The summed E-state index contributed by atoms with van der Waals surface area (Å²) in [6.07, 6.45) is 41.9. The van der Waals surface area contributed by atoms with E-state index in [9.17, 15) is 0 Å². The molecule has 0 nitrogen and oxygen atoms in total. The Labute approximate surface area is 471 Å². The molecule has 3 aliphatic rings. The zero-order chi connectivity index (χ0) is 53.8. The van der Waals surface area contributed by atoms with Crippen LogP contribution in [-0.4, -0.2) is 0 Å². The molecule has 6 aromatic carbocycles. The lowest BCUT2D eigenvalue weighted by Gasteiger charge is -2.24. The van der Waals surface area contributed by atoms with Crippen LogP contribution >= 0.6 is 0 Å². The second-order valence-electron chi connectivity index (χ2n) is 26.4. The first-order valence-corrected chi connectivity index (χ1v) is 32.3. The molecule has 0 fully saturated rings. The maximum Gasteiger partial charge on any atom is 0.0159 e. The maximum atomic E-state index is 2.56. The van der Waals surface area contributed by atoms with Gasteiger partial charge in [-0.15, -0.1) is 0 Å². The Morgan fingerprint density at radius 1 is 0.221 bits per heavy atom. The van der Waals surface area contributed by atoms with Gasteiger partial charge in [-0.1, -0.05) is 307 Å². The summed E-state index contributed by atoms with van der Waals surface area (Å²) in [5.74, 6) is 0.